The summed E-state index contributed by atoms with van der Waals surface area (Å²) in [5.41, 5.74) is 1.49. The van der Waals surface area contributed by atoms with Crippen LogP contribution in [0.3, 0.4) is 0 Å². The molecule has 108 valence electrons. The molecule has 2 heterocycles. The van der Waals surface area contributed by atoms with Crippen LogP contribution in [-0.4, -0.2) is 15.2 Å². The second kappa shape index (κ2) is 4.36. The van der Waals surface area contributed by atoms with Gasteiger partial charge in [-0.05, 0) is 30.3 Å². The van der Waals surface area contributed by atoms with E-state index < -0.39 is 5.75 Å². The Labute approximate surface area is 122 Å². The predicted molar refractivity (Wildman–Crippen MR) is 78.8 cm³/mol. The van der Waals surface area contributed by atoms with Crippen molar-refractivity contribution < 1.29 is 19.0 Å². The highest BCUT2D eigenvalue weighted by molar-refractivity contribution is 5.87. The van der Waals surface area contributed by atoms with Crippen LogP contribution >= 0.6 is 0 Å². The van der Waals surface area contributed by atoms with Gasteiger partial charge in [0.2, 0.25) is 5.75 Å². The lowest BCUT2D eigenvalue weighted by Crippen LogP contribution is -2.00. The Morgan fingerprint density at radius 1 is 1.05 bits per heavy atom. The lowest BCUT2D eigenvalue weighted by Gasteiger charge is -2.05. The molecule has 22 heavy (non-hydrogen) atoms. The van der Waals surface area contributed by atoms with Gasteiger partial charge in [0.25, 0.3) is 0 Å². The topological polar surface area (TPSA) is 96.7 Å². The zero-order chi connectivity index (χ0) is 15.3. The number of aromatic nitrogens is 1. The summed E-state index contributed by atoms with van der Waals surface area (Å²) in [6.45, 7) is 0. The van der Waals surface area contributed by atoms with Gasteiger partial charge in [0, 0.05) is 11.6 Å². The third-order valence-corrected chi connectivity index (χ3v) is 3.46. The van der Waals surface area contributed by atoms with Crippen molar-refractivity contribution in [2.24, 2.45) is 0 Å². The van der Waals surface area contributed by atoms with Crippen molar-refractivity contribution in [3.63, 3.8) is 0 Å². The summed E-state index contributed by atoms with van der Waals surface area (Å²) in [4.78, 5) is 16.2. The predicted octanol–water partition coefficient (Wildman–Crippen LogP) is 3.01. The van der Waals surface area contributed by atoms with E-state index in [9.17, 15) is 15.0 Å². The van der Waals surface area contributed by atoms with Crippen LogP contribution in [0.4, 0.5) is 0 Å². The maximum atomic E-state index is 12.2. The lowest BCUT2D eigenvalue weighted by molar-refractivity contribution is 0.400. The Morgan fingerprint density at radius 3 is 2.77 bits per heavy atom. The summed E-state index contributed by atoms with van der Waals surface area (Å²) in [5, 5.41) is 19.6. The first-order chi connectivity index (χ1) is 10.6. The molecule has 0 aliphatic heterocycles. The lowest BCUT2D eigenvalue weighted by atomic mass is 10.1. The number of phenolic OH excluding ortho intramolecular Hbond substituents is 2. The van der Waals surface area contributed by atoms with E-state index in [4.69, 9.17) is 8.83 Å². The molecule has 6 nitrogen and oxygen atoms in total. The highest BCUT2D eigenvalue weighted by Crippen LogP contribution is 2.34. The molecule has 2 aromatic carbocycles. The van der Waals surface area contributed by atoms with Gasteiger partial charge in [0.05, 0.1) is 5.39 Å². The minimum Gasteiger partial charge on any atom is -0.504 e. The van der Waals surface area contributed by atoms with Crippen LogP contribution in [0.2, 0.25) is 0 Å². The van der Waals surface area contributed by atoms with Crippen molar-refractivity contribution >= 4 is 22.1 Å². The van der Waals surface area contributed by atoms with E-state index in [0.717, 1.165) is 0 Å². The number of hydrogen-bond donors (Lipinski definition) is 2. The van der Waals surface area contributed by atoms with Crippen LogP contribution in [0.15, 0.2) is 56.4 Å². The molecule has 2 N–H and O–H groups in total. The molecule has 4 aromatic rings. The normalized spacial score (nSPS) is 11.3. The molecule has 0 atom stereocenters. The Hall–Kier alpha value is -3.28. The van der Waals surface area contributed by atoms with Crippen molar-refractivity contribution in [2.45, 2.75) is 0 Å². The molecule has 0 bridgehead atoms. The van der Waals surface area contributed by atoms with Gasteiger partial charge in [-0.1, -0.05) is 0 Å². The molecule has 0 radical (unpaired) electrons. The van der Waals surface area contributed by atoms with Crippen LogP contribution in [0, 0.1) is 0 Å². The van der Waals surface area contributed by atoms with E-state index in [2.05, 4.69) is 4.98 Å². The Morgan fingerprint density at radius 2 is 1.91 bits per heavy atom. The fourth-order valence-corrected chi connectivity index (χ4v) is 2.35. The highest BCUT2D eigenvalue weighted by atomic mass is 16.4. The molecule has 0 saturated heterocycles. The third-order valence-electron chi connectivity index (χ3n) is 3.46. The van der Waals surface area contributed by atoms with Gasteiger partial charge >= 0.3 is 0 Å². The third kappa shape index (κ3) is 1.74. The fraction of sp³-hybridized carbons (Fsp3) is 0. The number of benzene rings is 2. The molecule has 0 saturated carbocycles. The number of phenols is 2. The monoisotopic (exact) mass is 295 g/mol. The first-order valence-corrected chi connectivity index (χ1v) is 6.46. The number of rotatable bonds is 1. The molecular formula is C16H9NO5. The van der Waals surface area contributed by atoms with E-state index in [1.54, 1.807) is 18.2 Å². The summed E-state index contributed by atoms with van der Waals surface area (Å²) < 4.78 is 10.8. The van der Waals surface area contributed by atoms with Crippen LogP contribution in [0.5, 0.6) is 11.5 Å². The summed E-state index contributed by atoms with van der Waals surface area (Å²) >= 11 is 0. The van der Waals surface area contributed by atoms with Crippen molar-refractivity contribution in [3.05, 3.63) is 53.0 Å². The smallest absolute Gasteiger partial charge is 0.201 e. The van der Waals surface area contributed by atoms with Gasteiger partial charge in [-0.15, -0.1) is 0 Å². The zero-order valence-corrected chi connectivity index (χ0v) is 11.1. The van der Waals surface area contributed by atoms with E-state index in [-0.39, 0.29) is 27.9 Å². The van der Waals surface area contributed by atoms with Gasteiger partial charge in [-0.25, -0.2) is 4.98 Å². The molecular weight excluding hydrogens is 286 g/mol. The number of aromatic hydroxyl groups is 2. The van der Waals surface area contributed by atoms with Gasteiger partial charge in [-0.2, -0.15) is 0 Å². The van der Waals surface area contributed by atoms with Crippen LogP contribution in [-0.2, 0) is 0 Å². The van der Waals surface area contributed by atoms with E-state index in [1.807, 2.05) is 0 Å². The molecule has 0 spiro atoms. The summed E-state index contributed by atoms with van der Waals surface area (Å²) in [5.74, 6) is -0.540. The van der Waals surface area contributed by atoms with Crippen molar-refractivity contribution in [1.29, 1.82) is 0 Å². The minimum atomic E-state index is -0.459. The minimum absolute atomic E-state index is 0.0530. The first-order valence-electron chi connectivity index (χ1n) is 6.46. The molecule has 0 unspecified atom stereocenters. The highest BCUT2D eigenvalue weighted by Gasteiger charge is 2.13. The molecule has 0 amide bonds. The molecule has 0 aliphatic carbocycles. The summed E-state index contributed by atoms with van der Waals surface area (Å²) in [6.07, 6.45) is 1.33. The molecule has 0 aliphatic rings. The van der Waals surface area contributed by atoms with Crippen molar-refractivity contribution in [2.75, 3.05) is 0 Å². The van der Waals surface area contributed by atoms with Crippen molar-refractivity contribution in [1.82, 2.24) is 4.98 Å². The number of hydrogen-bond acceptors (Lipinski definition) is 6. The fourth-order valence-electron chi connectivity index (χ4n) is 2.35. The van der Waals surface area contributed by atoms with Crippen LogP contribution < -0.4 is 5.43 Å². The summed E-state index contributed by atoms with van der Waals surface area (Å²) in [7, 11) is 0. The Balaban J connectivity index is 2.02. The number of nitrogens with zero attached hydrogens (tertiary/aromatic N) is 1. The average Bonchev–Trinajstić information content (AvgIpc) is 2.98. The van der Waals surface area contributed by atoms with Gasteiger partial charge < -0.3 is 19.0 Å². The first kappa shape index (κ1) is 12.5. The number of oxazole rings is 1. The maximum absolute atomic E-state index is 12.2. The van der Waals surface area contributed by atoms with E-state index >= 15 is 0 Å². The van der Waals surface area contributed by atoms with Gasteiger partial charge in [-0.3, -0.25) is 4.79 Å². The molecule has 0 fully saturated rings. The molecule has 2 aromatic heterocycles. The second-order valence-corrected chi connectivity index (χ2v) is 4.82. The molecule has 6 heteroatoms. The molecule has 4 rings (SSSR count). The largest absolute Gasteiger partial charge is 0.504 e. The maximum Gasteiger partial charge on any atom is 0.201 e. The summed E-state index contributed by atoms with van der Waals surface area (Å²) in [6, 6.07) is 9.13. The average molecular weight is 295 g/mol. The van der Waals surface area contributed by atoms with Gasteiger partial charge in [0.15, 0.2) is 28.7 Å². The quantitative estimate of drug-likeness (QED) is 0.524. The zero-order valence-electron chi connectivity index (χ0n) is 11.1. The second-order valence-electron chi connectivity index (χ2n) is 4.82. The SMILES string of the molecule is O=c1cc(-c2ccc3ocnc3c2)oc2c(O)c(O)ccc12. The van der Waals surface area contributed by atoms with E-state index in [1.165, 1.54) is 24.6 Å². The Kier molecular flexibility index (Phi) is 2.47. The van der Waals surface area contributed by atoms with E-state index in [0.29, 0.717) is 16.7 Å². The van der Waals surface area contributed by atoms with Crippen LogP contribution in [0.25, 0.3) is 33.4 Å². The van der Waals surface area contributed by atoms with Crippen LogP contribution in [0.1, 0.15) is 0 Å². The Bertz CT molecular complexity index is 1080. The van der Waals surface area contributed by atoms with Gasteiger partial charge in [0.1, 0.15) is 11.3 Å². The van der Waals surface area contributed by atoms with Crippen molar-refractivity contribution in [3.8, 4) is 22.8 Å². The number of fused-ring (bicyclic) bond motifs is 2. The standard InChI is InChI=1S/C16H9NO5/c18-11-3-2-9-12(19)6-14(22-16(9)15(11)20)8-1-4-13-10(5-8)17-7-21-13/h1-7,18,20H.